The van der Waals surface area contributed by atoms with Gasteiger partial charge in [-0.25, -0.2) is 4.98 Å². The number of nitrogens with one attached hydrogen (secondary N) is 1. The molecule has 0 saturated carbocycles. The molecule has 0 atom stereocenters. The van der Waals surface area contributed by atoms with Gasteiger partial charge in [0.2, 0.25) is 5.95 Å². The van der Waals surface area contributed by atoms with Crippen LogP contribution >= 0.6 is 0 Å². The molecule has 0 aromatic carbocycles. The lowest BCUT2D eigenvalue weighted by Gasteiger charge is -1.81. The Labute approximate surface area is 41.8 Å². The topological polar surface area (TPSA) is 42.8 Å². The van der Waals surface area contributed by atoms with Gasteiger partial charge in [-0.05, 0) is 0 Å². The van der Waals surface area contributed by atoms with Crippen LogP contribution in [0.4, 0.5) is 5.95 Å². The highest BCUT2D eigenvalue weighted by Gasteiger charge is 1.83. The molecular formula is C4H6N3. The number of aromatic nitrogens is 2. The number of nitrogens with zero attached hydrogens (tertiary/aromatic N) is 2. The third kappa shape index (κ3) is 0.707. The Kier molecular flexibility index (Phi) is 0.978. The van der Waals surface area contributed by atoms with Gasteiger partial charge < -0.3 is 4.98 Å². The first-order chi connectivity index (χ1) is 3.43. The second kappa shape index (κ2) is 1.64. The van der Waals surface area contributed by atoms with Crippen molar-refractivity contribution in [2.75, 3.05) is 7.05 Å². The van der Waals surface area contributed by atoms with Crippen LogP contribution in [-0.2, 0) is 0 Å². The number of hydrogen-bond acceptors (Lipinski definition) is 1. The summed E-state index contributed by atoms with van der Waals surface area (Å²) in [7, 11) is 1.69. The summed E-state index contributed by atoms with van der Waals surface area (Å²) in [6.07, 6.45) is 3.41. The summed E-state index contributed by atoms with van der Waals surface area (Å²) in [6.45, 7) is 0. The zero-order valence-corrected chi connectivity index (χ0v) is 4.05. The number of H-pyrrole nitrogens is 1. The highest BCUT2D eigenvalue weighted by Crippen LogP contribution is 1.89. The Hall–Kier alpha value is -0.990. The summed E-state index contributed by atoms with van der Waals surface area (Å²) in [5, 5.41) is 3.76. The molecule has 1 N–H and O–H groups in total. The van der Waals surface area contributed by atoms with Gasteiger partial charge in [0.15, 0.2) is 0 Å². The highest BCUT2D eigenvalue weighted by molar-refractivity contribution is 5.09. The molecule has 7 heavy (non-hydrogen) atoms. The van der Waals surface area contributed by atoms with E-state index in [1.165, 1.54) is 0 Å². The van der Waals surface area contributed by atoms with Gasteiger partial charge >= 0.3 is 0 Å². The van der Waals surface area contributed by atoms with E-state index in [1.54, 1.807) is 19.4 Å². The number of imidazole rings is 1. The first-order valence-electron chi connectivity index (χ1n) is 2.02. The van der Waals surface area contributed by atoms with E-state index in [2.05, 4.69) is 15.3 Å². The zero-order valence-electron chi connectivity index (χ0n) is 4.05. The van der Waals surface area contributed by atoms with Crippen LogP contribution in [0.25, 0.3) is 0 Å². The average Bonchev–Trinajstić information content (AvgIpc) is 2.14. The minimum Gasteiger partial charge on any atom is -0.330 e. The van der Waals surface area contributed by atoms with Crippen molar-refractivity contribution >= 4 is 5.95 Å². The zero-order chi connectivity index (χ0) is 5.11. The largest absolute Gasteiger partial charge is 0.330 e. The molecule has 0 spiro atoms. The van der Waals surface area contributed by atoms with E-state index >= 15 is 0 Å². The summed E-state index contributed by atoms with van der Waals surface area (Å²) >= 11 is 0. The maximum Gasteiger partial charge on any atom is 0.221 e. The van der Waals surface area contributed by atoms with Gasteiger partial charge in [-0.2, -0.15) is 0 Å². The smallest absolute Gasteiger partial charge is 0.221 e. The van der Waals surface area contributed by atoms with Crippen molar-refractivity contribution in [1.82, 2.24) is 15.3 Å². The van der Waals surface area contributed by atoms with Crippen LogP contribution in [0.1, 0.15) is 0 Å². The third-order valence-electron chi connectivity index (χ3n) is 0.696. The van der Waals surface area contributed by atoms with Crippen LogP contribution in [0, 0.1) is 0 Å². The number of hydrogen-bond donors (Lipinski definition) is 1. The van der Waals surface area contributed by atoms with Crippen LogP contribution in [0.5, 0.6) is 0 Å². The molecular weight excluding hydrogens is 90.1 g/mol. The van der Waals surface area contributed by atoms with Crippen LogP contribution in [0.15, 0.2) is 12.4 Å². The summed E-state index contributed by atoms with van der Waals surface area (Å²) in [5.74, 6) is 0.681. The molecule has 0 aliphatic heterocycles. The van der Waals surface area contributed by atoms with Crippen molar-refractivity contribution in [3.8, 4) is 0 Å². The van der Waals surface area contributed by atoms with Crippen LogP contribution in [-0.4, -0.2) is 17.0 Å². The lowest BCUT2D eigenvalue weighted by Crippen LogP contribution is -1.86. The molecule has 0 aliphatic carbocycles. The van der Waals surface area contributed by atoms with Crippen molar-refractivity contribution in [2.45, 2.75) is 0 Å². The summed E-state index contributed by atoms with van der Waals surface area (Å²) in [4.78, 5) is 6.62. The standard InChI is InChI=1S/C4H6N3/c1-5-4-6-2-3-7-4/h2-3H,1H3,(H,6,7). The molecule has 1 aromatic rings. The summed E-state index contributed by atoms with van der Waals surface area (Å²) in [5.41, 5.74) is 0. The Morgan fingerprint density at radius 2 is 2.71 bits per heavy atom. The fourth-order valence-electron chi connectivity index (χ4n) is 0.379. The van der Waals surface area contributed by atoms with Gasteiger partial charge in [-0.3, -0.25) is 5.32 Å². The lowest BCUT2D eigenvalue weighted by atomic mass is 11.0. The van der Waals surface area contributed by atoms with E-state index < -0.39 is 0 Å². The Morgan fingerprint density at radius 1 is 1.86 bits per heavy atom. The van der Waals surface area contributed by atoms with Crippen LogP contribution < -0.4 is 5.32 Å². The van der Waals surface area contributed by atoms with Crippen molar-refractivity contribution in [2.24, 2.45) is 0 Å². The monoisotopic (exact) mass is 96.1 g/mol. The molecule has 0 fully saturated rings. The molecule has 0 unspecified atom stereocenters. The minimum atomic E-state index is 0.681. The molecule has 3 nitrogen and oxygen atoms in total. The van der Waals surface area contributed by atoms with Gasteiger partial charge in [-0.1, -0.05) is 0 Å². The average molecular weight is 96.1 g/mol. The van der Waals surface area contributed by atoms with Crippen LogP contribution in [0.2, 0.25) is 0 Å². The normalized spacial score (nSPS) is 8.71. The second-order valence-corrected chi connectivity index (χ2v) is 1.14. The molecule has 0 amide bonds. The maximum atomic E-state index is 3.81. The molecule has 0 bridgehead atoms. The van der Waals surface area contributed by atoms with E-state index in [9.17, 15) is 0 Å². The van der Waals surface area contributed by atoms with Crippen molar-refractivity contribution in [3.63, 3.8) is 0 Å². The molecule has 37 valence electrons. The first kappa shape index (κ1) is 4.18. The molecule has 0 aliphatic rings. The Morgan fingerprint density at radius 3 is 3.00 bits per heavy atom. The maximum absolute atomic E-state index is 3.81. The summed E-state index contributed by atoms with van der Waals surface area (Å²) in [6, 6.07) is 0. The molecule has 1 rings (SSSR count). The van der Waals surface area contributed by atoms with Gasteiger partial charge in [0.25, 0.3) is 0 Å². The van der Waals surface area contributed by atoms with E-state index in [4.69, 9.17) is 0 Å². The Bertz CT molecular complexity index is 121. The number of aromatic amines is 1. The fourth-order valence-corrected chi connectivity index (χ4v) is 0.379. The highest BCUT2D eigenvalue weighted by atomic mass is 15.1. The van der Waals surface area contributed by atoms with Crippen molar-refractivity contribution < 1.29 is 0 Å². The molecule has 1 heterocycles. The molecule has 3 heteroatoms. The van der Waals surface area contributed by atoms with Crippen molar-refractivity contribution in [3.05, 3.63) is 12.4 Å². The predicted molar refractivity (Wildman–Crippen MR) is 26.3 cm³/mol. The Balaban J connectivity index is 2.76. The predicted octanol–water partition coefficient (Wildman–Crippen LogP) is 0.275. The van der Waals surface area contributed by atoms with Crippen LogP contribution in [0.3, 0.4) is 0 Å². The van der Waals surface area contributed by atoms with E-state index in [0.29, 0.717) is 5.95 Å². The molecule has 0 saturated heterocycles. The summed E-state index contributed by atoms with van der Waals surface area (Å²) < 4.78 is 0. The lowest BCUT2D eigenvalue weighted by molar-refractivity contribution is 0.993. The molecule has 1 aromatic heterocycles. The van der Waals surface area contributed by atoms with E-state index in [1.807, 2.05) is 0 Å². The van der Waals surface area contributed by atoms with Gasteiger partial charge in [0.05, 0.1) is 0 Å². The fraction of sp³-hybridized carbons (Fsp3) is 0.250. The molecule has 1 radical (unpaired) electrons. The second-order valence-electron chi connectivity index (χ2n) is 1.14. The minimum absolute atomic E-state index is 0.681. The van der Waals surface area contributed by atoms with E-state index in [0.717, 1.165) is 0 Å². The SMILES string of the molecule is C[N]c1ncc[nH]1. The number of rotatable bonds is 1. The van der Waals surface area contributed by atoms with Gasteiger partial charge in [0.1, 0.15) is 0 Å². The van der Waals surface area contributed by atoms with Crippen molar-refractivity contribution in [1.29, 1.82) is 0 Å². The quantitative estimate of drug-likeness (QED) is 0.536. The van der Waals surface area contributed by atoms with E-state index in [-0.39, 0.29) is 0 Å². The van der Waals surface area contributed by atoms with Gasteiger partial charge in [0, 0.05) is 19.4 Å². The van der Waals surface area contributed by atoms with Gasteiger partial charge in [-0.15, -0.1) is 0 Å². The first-order valence-corrected chi connectivity index (χ1v) is 2.02. The third-order valence-corrected chi connectivity index (χ3v) is 0.696.